The number of hydrogen-bond donors (Lipinski definition) is 2. The lowest BCUT2D eigenvalue weighted by Crippen LogP contribution is -2.20. The Labute approximate surface area is 116 Å². The topological polar surface area (TPSA) is 56.5 Å². The zero-order chi connectivity index (χ0) is 14.3. The first-order chi connectivity index (χ1) is 9.12. The predicted octanol–water partition coefficient (Wildman–Crippen LogP) is 2.09. The van der Waals surface area contributed by atoms with E-state index >= 15 is 0 Å². The van der Waals surface area contributed by atoms with Crippen molar-refractivity contribution in [2.75, 3.05) is 27.3 Å². The van der Waals surface area contributed by atoms with Crippen LogP contribution in [0.3, 0.4) is 0 Å². The molecule has 0 heterocycles. The van der Waals surface area contributed by atoms with Gasteiger partial charge in [-0.05, 0) is 55.6 Å². The van der Waals surface area contributed by atoms with E-state index in [0.29, 0.717) is 5.92 Å². The number of hydrogen-bond acceptors (Lipinski definition) is 4. The summed E-state index contributed by atoms with van der Waals surface area (Å²) >= 11 is 0. The number of benzene rings is 1. The average molecular weight is 266 g/mol. The van der Waals surface area contributed by atoms with Crippen molar-refractivity contribution < 1.29 is 9.47 Å². The lowest BCUT2D eigenvalue weighted by atomic mass is 10.1. The molecule has 0 saturated carbocycles. The van der Waals surface area contributed by atoms with Crippen molar-refractivity contribution in [1.29, 1.82) is 0 Å². The lowest BCUT2D eigenvalue weighted by Gasteiger charge is -2.14. The van der Waals surface area contributed by atoms with Crippen molar-refractivity contribution in [2.24, 2.45) is 11.7 Å². The molecule has 19 heavy (non-hydrogen) atoms. The number of ether oxygens (including phenoxy) is 2. The number of methoxy groups -OCH3 is 2. The van der Waals surface area contributed by atoms with E-state index in [2.05, 4.69) is 19.2 Å². The second-order valence-corrected chi connectivity index (χ2v) is 4.94. The van der Waals surface area contributed by atoms with E-state index in [1.165, 1.54) is 11.1 Å². The fourth-order valence-corrected chi connectivity index (χ4v) is 1.90. The fourth-order valence-electron chi connectivity index (χ4n) is 1.90. The molecule has 4 nitrogen and oxygen atoms in total. The Morgan fingerprint density at radius 2 is 1.84 bits per heavy atom. The van der Waals surface area contributed by atoms with Crippen LogP contribution >= 0.6 is 0 Å². The largest absolute Gasteiger partial charge is 0.493 e. The Morgan fingerprint density at radius 1 is 1.21 bits per heavy atom. The summed E-state index contributed by atoms with van der Waals surface area (Å²) in [5.41, 5.74) is 8.04. The first-order valence-electron chi connectivity index (χ1n) is 6.74. The summed E-state index contributed by atoms with van der Waals surface area (Å²) in [7, 11) is 3.32. The molecular weight excluding hydrogens is 240 g/mol. The summed E-state index contributed by atoms with van der Waals surface area (Å²) in [6.07, 6.45) is 1.10. The number of rotatable bonds is 8. The van der Waals surface area contributed by atoms with E-state index < -0.39 is 0 Å². The Balaban J connectivity index is 2.58. The first-order valence-corrected chi connectivity index (χ1v) is 6.74. The molecule has 3 N–H and O–H groups in total. The molecule has 4 heteroatoms. The first kappa shape index (κ1) is 15.8. The van der Waals surface area contributed by atoms with E-state index in [9.17, 15) is 0 Å². The average Bonchev–Trinajstić information content (AvgIpc) is 2.43. The molecule has 1 aromatic carbocycles. The van der Waals surface area contributed by atoms with Crippen LogP contribution in [0.2, 0.25) is 0 Å². The molecule has 0 radical (unpaired) electrons. The van der Waals surface area contributed by atoms with Gasteiger partial charge < -0.3 is 20.5 Å². The zero-order valence-electron chi connectivity index (χ0n) is 12.5. The van der Waals surface area contributed by atoms with Crippen molar-refractivity contribution in [3.63, 3.8) is 0 Å². The van der Waals surface area contributed by atoms with Gasteiger partial charge >= 0.3 is 0 Å². The summed E-state index contributed by atoms with van der Waals surface area (Å²) in [6.45, 7) is 6.82. The quantitative estimate of drug-likeness (QED) is 0.707. The zero-order valence-corrected chi connectivity index (χ0v) is 12.5. The molecule has 0 aliphatic carbocycles. The van der Waals surface area contributed by atoms with Crippen LogP contribution in [0.1, 0.15) is 24.5 Å². The van der Waals surface area contributed by atoms with Gasteiger partial charge in [-0.3, -0.25) is 0 Å². The van der Waals surface area contributed by atoms with Crippen molar-refractivity contribution in [3.05, 3.63) is 23.3 Å². The van der Waals surface area contributed by atoms with Gasteiger partial charge in [-0.15, -0.1) is 0 Å². The van der Waals surface area contributed by atoms with Gasteiger partial charge in [0.2, 0.25) is 0 Å². The van der Waals surface area contributed by atoms with Crippen LogP contribution in [-0.4, -0.2) is 27.3 Å². The molecule has 1 atom stereocenters. The molecule has 0 amide bonds. The highest BCUT2D eigenvalue weighted by Gasteiger charge is 2.08. The standard InChI is InChI=1S/C15H26N2O2/c1-11(9-16)5-6-17-10-13-8-15(19-4)14(18-3)7-12(13)2/h7-8,11,17H,5-6,9-10,16H2,1-4H3. The van der Waals surface area contributed by atoms with Gasteiger partial charge in [-0.2, -0.15) is 0 Å². The molecule has 0 aromatic heterocycles. The van der Waals surface area contributed by atoms with Crippen molar-refractivity contribution in [1.82, 2.24) is 5.32 Å². The Morgan fingerprint density at radius 3 is 2.42 bits per heavy atom. The van der Waals surface area contributed by atoms with Gasteiger partial charge in [-0.1, -0.05) is 6.92 Å². The maximum absolute atomic E-state index is 5.60. The number of nitrogens with one attached hydrogen (secondary N) is 1. The molecule has 0 aliphatic heterocycles. The van der Waals surface area contributed by atoms with Crippen molar-refractivity contribution in [2.45, 2.75) is 26.8 Å². The molecule has 1 rings (SSSR count). The SMILES string of the molecule is COc1cc(C)c(CNCCC(C)CN)cc1OC. The molecule has 0 fully saturated rings. The second kappa shape index (κ2) is 8.02. The monoisotopic (exact) mass is 266 g/mol. The summed E-state index contributed by atoms with van der Waals surface area (Å²) < 4.78 is 10.6. The van der Waals surface area contributed by atoms with Gasteiger partial charge in [0.25, 0.3) is 0 Å². The van der Waals surface area contributed by atoms with Crippen LogP contribution < -0.4 is 20.5 Å². The van der Waals surface area contributed by atoms with E-state index in [1.54, 1.807) is 14.2 Å². The van der Waals surface area contributed by atoms with Crippen LogP contribution in [0.25, 0.3) is 0 Å². The summed E-state index contributed by atoms with van der Waals surface area (Å²) in [5, 5.41) is 3.44. The van der Waals surface area contributed by atoms with E-state index in [0.717, 1.165) is 37.6 Å². The van der Waals surface area contributed by atoms with Crippen molar-refractivity contribution >= 4 is 0 Å². The number of aryl methyl sites for hydroxylation is 1. The maximum Gasteiger partial charge on any atom is 0.161 e. The predicted molar refractivity (Wildman–Crippen MR) is 78.8 cm³/mol. The molecule has 0 spiro atoms. The van der Waals surface area contributed by atoms with Crippen molar-refractivity contribution in [3.8, 4) is 11.5 Å². The normalized spacial score (nSPS) is 12.3. The van der Waals surface area contributed by atoms with Crippen LogP contribution in [0.4, 0.5) is 0 Å². The van der Waals surface area contributed by atoms with Gasteiger partial charge in [0.15, 0.2) is 11.5 Å². The molecule has 0 bridgehead atoms. The summed E-state index contributed by atoms with van der Waals surface area (Å²) in [4.78, 5) is 0. The smallest absolute Gasteiger partial charge is 0.161 e. The van der Waals surface area contributed by atoms with E-state index in [1.807, 2.05) is 12.1 Å². The highest BCUT2D eigenvalue weighted by molar-refractivity contribution is 5.46. The van der Waals surface area contributed by atoms with Gasteiger partial charge in [0.1, 0.15) is 0 Å². The molecule has 0 aliphatic rings. The Kier molecular flexibility index (Phi) is 6.67. The highest BCUT2D eigenvalue weighted by atomic mass is 16.5. The Hall–Kier alpha value is -1.26. The minimum atomic E-state index is 0.569. The summed E-state index contributed by atoms with van der Waals surface area (Å²) in [6, 6.07) is 4.05. The fraction of sp³-hybridized carbons (Fsp3) is 0.600. The van der Waals surface area contributed by atoms with Crippen LogP contribution in [0.5, 0.6) is 11.5 Å². The van der Waals surface area contributed by atoms with E-state index in [4.69, 9.17) is 15.2 Å². The van der Waals surface area contributed by atoms with Gasteiger partial charge in [0, 0.05) is 6.54 Å². The molecular formula is C15H26N2O2. The molecule has 0 saturated heterocycles. The van der Waals surface area contributed by atoms with E-state index in [-0.39, 0.29) is 0 Å². The lowest BCUT2D eigenvalue weighted by molar-refractivity contribution is 0.354. The Bertz CT molecular complexity index is 394. The second-order valence-electron chi connectivity index (χ2n) is 4.94. The minimum absolute atomic E-state index is 0.569. The maximum atomic E-state index is 5.60. The van der Waals surface area contributed by atoms with Crippen LogP contribution in [-0.2, 0) is 6.54 Å². The van der Waals surface area contributed by atoms with Crippen LogP contribution in [0, 0.1) is 12.8 Å². The molecule has 1 aromatic rings. The third kappa shape index (κ3) is 4.73. The molecule has 1 unspecified atom stereocenters. The molecule has 108 valence electrons. The third-order valence-electron chi connectivity index (χ3n) is 3.37. The van der Waals surface area contributed by atoms with Gasteiger partial charge in [0.05, 0.1) is 14.2 Å². The highest BCUT2D eigenvalue weighted by Crippen LogP contribution is 2.30. The summed E-state index contributed by atoms with van der Waals surface area (Å²) in [5.74, 6) is 2.12. The minimum Gasteiger partial charge on any atom is -0.493 e. The van der Waals surface area contributed by atoms with Gasteiger partial charge in [-0.25, -0.2) is 0 Å². The number of nitrogens with two attached hydrogens (primary N) is 1. The third-order valence-corrected chi connectivity index (χ3v) is 3.37. The van der Waals surface area contributed by atoms with Crippen LogP contribution in [0.15, 0.2) is 12.1 Å².